The number of nitrogens with one attached hydrogen (secondary N) is 1. The van der Waals surface area contributed by atoms with Crippen molar-refractivity contribution in [1.29, 1.82) is 0 Å². The Balaban J connectivity index is 1.91. The standard InChI is InChI=1S/C19H22N4O4S2/c1-22(2)29(25,26)17-9-15(19(24)23(3)12-18-20-5-7-28-18)8-16(10-17)21-11-14-4-6-27-13-14/h4-10,13,21H,11-12H2,1-3H3. The van der Waals surface area contributed by atoms with E-state index in [1.807, 2.05) is 5.38 Å². The molecule has 0 spiro atoms. The number of anilines is 1. The van der Waals surface area contributed by atoms with E-state index >= 15 is 0 Å². The number of carbonyl (C=O) groups excluding carboxylic acids is 1. The lowest BCUT2D eigenvalue weighted by Crippen LogP contribution is -2.27. The third-order valence-corrected chi connectivity index (χ3v) is 6.77. The van der Waals surface area contributed by atoms with Crippen LogP contribution in [0.2, 0.25) is 0 Å². The highest BCUT2D eigenvalue weighted by atomic mass is 32.2. The molecular weight excluding hydrogens is 412 g/mol. The number of rotatable bonds is 8. The van der Waals surface area contributed by atoms with Gasteiger partial charge in [-0.25, -0.2) is 17.7 Å². The van der Waals surface area contributed by atoms with Crippen LogP contribution in [0, 0.1) is 0 Å². The first-order valence-electron chi connectivity index (χ1n) is 8.74. The summed E-state index contributed by atoms with van der Waals surface area (Å²) in [7, 11) is 0.863. The zero-order valence-electron chi connectivity index (χ0n) is 16.3. The summed E-state index contributed by atoms with van der Waals surface area (Å²) in [6.45, 7) is 0.781. The molecule has 0 aliphatic carbocycles. The second-order valence-electron chi connectivity index (χ2n) is 6.61. The number of thiazole rings is 1. The van der Waals surface area contributed by atoms with Crippen LogP contribution in [0.5, 0.6) is 0 Å². The molecule has 0 saturated heterocycles. The lowest BCUT2D eigenvalue weighted by Gasteiger charge is -2.19. The minimum atomic E-state index is -3.71. The Bertz CT molecular complexity index is 1060. The molecule has 154 valence electrons. The summed E-state index contributed by atoms with van der Waals surface area (Å²) >= 11 is 1.46. The van der Waals surface area contributed by atoms with E-state index in [4.69, 9.17) is 4.42 Å². The normalized spacial score (nSPS) is 11.6. The smallest absolute Gasteiger partial charge is 0.254 e. The van der Waals surface area contributed by atoms with E-state index in [1.54, 1.807) is 37.9 Å². The van der Waals surface area contributed by atoms with Gasteiger partial charge in [0.2, 0.25) is 10.0 Å². The van der Waals surface area contributed by atoms with Crippen LogP contribution in [0.3, 0.4) is 0 Å². The van der Waals surface area contributed by atoms with Crippen LogP contribution >= 0.6 is 11.3 Å². The number of aromatic nitrogens is 1. The van der Waals surface area contributed by atoms with Gasteiger partial charge in [-0.1, -0.05) is 0 Å². The van der Waals surface area contributed by atoms with Crippen LogP contribution in [0.4, 0.5) is 5.69 Å². The van der Waals surface area contributed by atoms with Crippen molar-refractivity contribution in [2.45, 2.75) is 18.0 Å². The average Bonchev–Trinajstić information content (AvgIpc) is 3.39. The van der Waals surface area contributed by atoms with Gasteiger partial charge in [0.05, 0.1) is 24.0 Å². The van der Waals surface area contributed by atoms with Gasteiger partial charge in [0, 0.05) is 56.1 Å². The topological polar surface area (TPSA) is 95.7 Å². The van der Waals surface area contributed by atoms with Crippen molar-refractivity contribution in [3.8, 4) is 0 Å². The molecule has 0 atom stereocenters. The lowest BCUT2D eigenvalue weighted by molar-refractivity contribution is 0.0785. The number of hydrogen-bond acceptors (Lipinski definition) is 7. The number of amides is 1. The molecule has 1 amide bonds. The van der Waals surface area contributed by atoms with E-state index in [1.165, 1.54) is 42.5 Å². The lowest BCUT2D eigenvalue weighted by atomic mass is 10.1. The molecule has 29 heavy (non-hydrogen) atoms. The highest BCUT2D eigenvalue weighted by molar-refractivity contribution is 7.89. The van der Waals surface area contributed by atoms with Crippen molar-refractivity contribution in [1.82, 2.24) is 14.2 Å². The molecule has 0 bridgehead atoms. The summed E-state index contributed by atoms with van der Waals surface area (Å²) in [5.74, 6) is -0.289. The van der Waals surface area contributed by atoms with Gasteiger partial charge >= 0.3 is 0 Å². The fraction of sp³-hybridized carbons (Fsp3) is 0.263. The van der Waals surface area contributed by atoms with Gasteiger partial charge in [-0.2, -0.15) is 0 Å². The third-order valence-electron chi connectivity index (χ3n) is 4.21. The van der Waals surface area contributed by atoms with Gasteiger partial charge in [0.25, 0.3) is 5.91 Å². The summed E-state index contributed by atoms with van der Waals surface area (Å²) in [5, 5.41) is 5.80. The molecule has 0 saturated carbocycles. The van der Waals surface area contributed by atoms with Crippen LogP contribution < -0.4 is 5.32 Å². The molecule has 2 aromatic heterocycles. The van der Waals surface area contributed by atoms with Gasteiger partial charge in [-0.15, -0.1) is 11.3 Å². The number of hydrogen-bond donors (Lipinski definition) is 1. The zero-order valence-corrected chi connectivity index (χ0v) is 18.0. The van der Waals surface area contributed by atoms with Gasteiger partial charge in [-0.05, 0) is 24.3 Å². The van der Waals surface area contributed by atoms with Crippen LogP contribution in [0.25, 0.3) is 0 Å². The Labute approximate surface area is 173 Å². The molecule has 3 aromatic rings. The summed E-state index contributed by atoms with van der Waals surface area (Å²) < 4.78 is 31.5. The van der Waals surface area contributed by atoms with E-state index in [2.05, 4.69) is 10.3 Å². The molecule has 0 aliphatic heterocycles. The fourth-order valence-electron chi connectivity index (χ4n) is 2.61. The quantitative estimate of drug-likeness (QED) is 0.586. The second-order valence-corrected chi connectivity index (χ2v) is 9.74. The molecule has 3 rings (SSSR count). The van der Waals surface area contributed by atoms with E-state index in [0.717, 1.165) is 14.9 Å². The van der Waals surface area contributed by atoms with E-state index in [-0.39, 0.29) is 16.4 Å². The number of carbonyl (C=O) groups is 1. The first-order chi connectivity index (χ1) is 13.8. The maximum absolute atomic E-state index is 13.0. The maximum atomic E-state index is 13.0. The Morgan fingerprint density at radius 1 is 1.24 bits per heavy atom. The molecule has 8 nitrogen and oxygen atoms in total. The van der Waals surface area contributed by atoms with Crippen molar-refractivity contribution >= 4 is 33.0 Å². The zero-order chi connectivity index (χ0) is 21.0. The molecule has 0 radical (unpaired) electrons. The largest absolute Gasteiger partial charge is 0.472 e. The Hall–Kier alpha value is -2.69. The van der Waals surface area contributed by atoms with Gasteiger partial charge < -0.3 is 14.6 Å². The minimum absolute atomic E-state index is 0.0469. The van der Waals surface area contributed by atoms with Gasteiger partial charge in [0.1, 0.15) is 5.01 Å². The first-order valence-corrected chi connectivity index (χ1v) is 11.1. The summed E-state index contributed by atoms with van der Waals surface area (Å²) in [6.07, 6.45) is 4.84. The summed E-state index contributed by atoms with van der Waals surface area (Å²) in [4.78, 5) is 18.7. The molecule has 0 aliphatic rings. The van der Waals surface area contributed by atoms with Crippen molar-refractivity contribution in [2.24, 2.45) is 0 Å². The molecule has 0 fully saturated rings. The monoisotopic (exact) mass is 434 g/mol. The number of benzene rings is 1. The fourth-order valence-corrected chi connectivity index (χ4v) is 4.25. The highest BCUT2D eigenvalue weighted by Gasteiger charge is 2.22. The van der Waals surface area contributed by atoms with Crippen molar-refractivity contribution in [3.05, 3.63) is 64.5 Å². The van der Waals surface area contributed by atoms with Crippen LogP contribution in [-0.2, 0) is 23.1 Å². The van der Waals surface area contributed by atoms with Gasteiger partial charge in [0.15, 0.2) is 0 Å². The van der Waals surface area contributed by atoms with E-state index in [0.29, 0.717) is 18.8 Å². The summed E-state index contributed by atoms with van der Waals surface area (Å²) in [5.41, 5.74) is 1.71. The average molecular weight is 435 g/mol. The summed E-state index contributed by atoms with van der Waals surface area (Å²) in [6, 6.07) is 6.38. The second kappa shape index (κ2) is 8.76. The number of nitrogens with zero attached hydrogens (tertiary/aromatic N) is 3. The highest BCUT2D eigenvalue weighted by Crippen LogP contribution is 2.23. The van der Waals surface area contributed by atoms with E-state index < -0.39 is 10.0 Å². The predicted molar refractivity (Wildman–Crippen MR) is 111 cm³/mol. The molecule has 2 heterocycles. The SMILES string of the molecule is CN(Cc1nccs1)C(=O)c1cc(NCc2ccoc2)cc(S(=O)(=O)N(C)C)c1. The Kier molecular flexibility index (Phi) is 6.36. The molecular formula is C19H22N4O4S2. The molecule has 10 heteroatoms. The first kappa shape index (κ1) is 21.0. The number of furan rings is 1. The van der Waals surface area contributed by atoms with E-state index in [9.17, 15) is 13.2 Å². The minimum Gasteiger partial charge on any atom is -0.472 e. The van der Waals surface area contributed by atoms with Crippen molar-refractivity contribution in [3.63, 3.8) is 0 Å². The van der Waals surface area contributed by atoms with Crippen LogP contribution in [0.1, 0.15) is 20.9 Å². The Morgan fingerprint density at radius 3 is 2.66 bits per heavy atom. The maximum Gasteiger partial charge on any atom is 0.254 e. The third kappa shape index (κ3) is 5.03. The van der Waals surface area contributed by atoms with Crippen LogP contribution in [-0.4, -0.2) is 49.7 Å². The van der Waals surface area contributed by atoms with Crippen LogP contribution in [0.15, 0.2) is 57.7 Å². The van der Waals surface area contributed by atoms with Gasteiger partial charge in [-0.3, -0.25) is 4.79 Å². The van der Waals surface area contributed by atoms with Crippen molar-refractivity contribution < 1.29 is 17.6 Å². The Morgan fingerprint density at radius 2 is 2.03 bits per heavy atom. The predicted octanol–water partition coefficient (Wildman–Crippen LogP) is 2.87. The molecule has 1 aromatic carbocycles. The molecule has 0 unspecified atom stereocenters. The van der Waals surface area contributed by atoms with Crippen molar-refractivity contribution in [2.75, 3.05) is 26.5 Å². The number of sulfonamides is 1. The molecule has 1 N–H and O–H groups in total.